The van der Waals surface area contributed by atoms with Crippen molar-refractivity contribution in [1.82, 2.24) is 0 Å². The van der Waals surface area contributed by atoms with Crippen LogP contribution < -0.4 is 0 Å². The smallest absolute Gasteiger partial charge is 0.0550 e. The van der Waals surface area contributed by atoms with Crippen LogP contribution in [-0.4, -0.2) is 23.9 Å². The molecule has 0 aromatic heterocycles. The number of ether oxygens (including phenoxy) is 1. The van der Waals surface area contributed by atoms with Crippen molar-refractivity contribution < 1.29 is 9.84 Å². The van der Waals surface area contributed by atoms with Crippen molar-refractivity contribution in [1.29, 1.82) is 0 Å². The van der Waals surface area contributed by atoms with Crippen LogP contribution in [0.2, 0.25) is 0 Å². The molecule has 10 heavy (non-hydrogen) atoms. The molecule has 1 heterocycles. The predicted molar refractivity (Wildman–Crippen MR) is 39.8 cm³/mol. The fourth-order valence-corrected chi connectivity index (χ4v) is 1.47. The Hall–Kier alpha value is -0.0800. The van der Waals surface area contributed by atoms with Gasteiger partial charge in [-0.3, -0.25) is 0 Å². The number of hydrogen-bond donors (Lipinski definition) is 1. The van der Waals surface area contributed by atoms with Crippen LogP contribution in [0.5, 0.6) is 0 Å². The van der Waals surface area contributed by atoms with Crippen LogP contribution in [-0.2, 0) is 4.74 Å². The molecule has 2 heteroatoms. The van der Waals surface area contributed by atoms with Gasteiger partial charge in [-0.1, -0.05) is 0 Å². The number of aliphatic hydroxyl groups excluding tert-OH is 1. The lowest BCUT2D eigenvalue weighted by Gasteiger charge is -2.28. The molecule has 0 aromatic carbocycles. The molecule has 1 fully saturated rings. The highest BCUT2D eigenvalue weighted by molar-refractivity contribution is 4.72. The summed E-state index contributed by atoms with van der Waals surface area (Å²) in [7, 11) is 0. The van der Waals surface area contributed by atoms with E-state index in [2.05, 4.69) is 6.92 Å². The summed E-state index contributed by atoms with van der Waals surface area (Å²) in [5, 5.41) is 9.24. The van der Waals surface area contributed by atoms with Gasteiger partial charge in [0, 0.05) is 6.61 Å². The van der Waals surface area contributed by atoms with Gasteiger partial charge in [-0.25, -0.2) is 0 Å². The molecule has 1 aliphatic rings. The molecule has 0 unspecified atom stereocenters. The minimum atomic E-state index is -0.161. The molecule has 2 nitrogen and oxygen atoms in total. The Balaban J connectivity index is 2.32. The molecule has 0 radical (unpaired) electrons. The normalized spacial score (nSPS) is 37.5. The number of aliphatic hydroxyl groups is 1. The Morgan fingerprint density at radius 3 is 2.70 bits per heavy atom. The van der Waals surface area contributed by atoms with Crippen molar-refractivity contribution in [3.63, 3.8) is 0 Å². The third-order valence-corrected chi connectivity index (χ3v) is 2.21. The minimum absolute atomic E-state index is 0.161. The minimum Gasteiger partial charge on any atom is -0.393 e. The quantitative estimate of drug-likeness (QED) is 0.599. The van der Waals surface area contributed by atoms with Gasteiger partial charge in [0.15, 0.2) is 0 Å². The highest BCUT2D eigenvalue weighted by atomic mass is 16.5. The van der Waals surface area contributed by atoms with Gasteiger partial charge >= 0.3 is 0 Å². The van der Waals surface area contributed by atoms with Gasteiger partial charge in [0.2, 0.25) is 0 Å². The average Bonchev–Trinajstić information content (AvgIpc) is 1.88. The van der Waals surface area contributed by atoms with E-state index in [1.165, 1.54) is 0 Å². The highest BCUT2D eigenvalue weighted by Crippen LogP contribution is 2.22. The first kappa shape index (κ1) is 8.02. The second-order valence-electron chi connectivity index (χ2n) is 3.21. The molecule has 3 atom stereocenters. The van der Waals surface area contributed by atoms with E-state index in [0.29, 0.717) is 12.0 Å². The fraction of sp³-hybridized carbons (Fsp3) is 1.00. The van der Waals surface area contributed by atoms with Gasteiger partial charge in [0.25, 0.3) is 0 Å². The van der Waals surface area contributed by atoms with E-state index in [0.717, 1.165) is 19.4 Å². The summed E-state index contributed by atoms with van der Waals surface area (Å²) in [4.78, 5) is 0. The molecule has 0 amide bonds. The topological polar surface area (TPSA) is 29.5 Å². The first-order valence-corrected chi connectivity index (χ1v) is 4.00. The van der Waals surface area contributed by atoms with E-state index in [-0.39, 0.29) is 6.10 Å². The molecule has 0 aromatic rings. The summed E-state index contributed by atoms with van der Waals surface area (Å²) >= 11 is 0. The molecule has 60 valence electrons. The number of hydrogen-bond acceptors (Lipinski definition) is 2. The van der Waals surface area contributed by atoms with Crippen LogP contribution in [0, 0.1) is 5.92 Å². The van der Waals surface area contributed by atoms with Gasteiger partial charge in [-0.15, -0.1) is 0 Å². The van der Waals surface area contributed by atoms with E-state index in [1.807, 2.05) is 6.92 Å². The van der Waals surface area contributed by atoms with Crippen LogP contribution in [0.3, 0.4) is 0 Å². The first-order chi connectivity index (χ1) is 4.70. The molecule has 1 N–H and O–H groups in total. The predicted octanol–water partition coefficient (Wildman–Crippen LogP) is 1.18. The summed E-state index contributed by atoms with van der Waals surface area (Å²) in [6, 6.07) is 0. The zero-order valence-corrected chi connectivity index (χ0v) is 6.71. The van der Waals surface area contributed by atoms with E-state index >= 15 is 0 Å². The molecule has 1 aliphatic heterocycles. The van der Waals surface area contributed by atoms with E-state index < -0.39 is 0 Å². The van der Waals surface area contributed by atoms with E-state index in [1.54, 1.807) is 0 Å². The molecule has 0 aliphatic carbocycles. The number of rotatable bonds is 1. The second kappa shape index (κ2) is 3.35. The Labute approximate surface area is 62.2 Å². The van der Waals surface area contributed by atoms with Crippen LogP contribution in [0.25, 0.3) is 0 Å². The Morgan fingerprint density at radius 1 is 1.60 bits per heavy atom. The average molecular weight is 144 g/mol. The zero-order valence-electron chi connectivity index (χ0n) is 6.71. The standard InChI is InChI=1S/C8H16O2/c1-6-5-8(7(2)9)3-4-10-6/h6-9H,3-5H2,1-2H3/t6-,7-,8+/m0/s1. The maximum Gasteiger partial charge on any atom is 0.0550 e. The summed E-state index contributed by atoms with van der Waals surface area (Å²) in [6.07, 6.45) is 2.21. The maximum atomic E-state index is 9.24. The highest BCUT2D eigenvalue weighted by Gasteiger charge is 2.22. The van der Waals surface area contributed by atoms with Crippen molar-refractivity contribution in [3.05, 3.63) is 0 Å². The molecule has 1 rings (SSSR count). The summed E-state index contributed by atoms with van der Waals surface area (Å²) in [5.74, 6) is 0.462. The lowest BCUT2D eigenvalue weighted by atomic mass is 9.92. The van der Waals surface area contributed by atoms with Gasteiger partial charge in [0.05, 0.1) is 12.2 Å². The fourth-order valence-electron chi connectivity index (χ4n) is 1.47. The Morgan fingerprint density at radius 2 is 2.30 bits per heavy atom. The van der Waals surface area contributed by atoms with E-state index in [9.17, 15) is 5.11 Å². The molecular formula is C8H16O2. The van der Waals surface area contributed by atoms with Crippen molar-refractivity contribution in [2.24, 2.45) is 5.92 Å². The first-order valence-electron chi connectivity index (χ1n) is 4.00. The molecular weight excluding hydrogens is 128 g/mol. The van der Waals surface area contributed by atoms with Crippen LogP contribution in [0.15, 0.2) is 0 Å². The third kappa shape index (κ3) is 1.96. The Kier molecular flexibility index (Phi) is 2.69. The molecule has 0 bridgehead atoms. The summed E-state index contributed by atoms with van der Waals surface area (Å²) < 4.78 is 5.35. The largest absolute Gasteiger partial charge is 0.393 e. The van der Waals surface area contributed by atoms with Gasteiger partial charge in [-0.05, 0) is 32.6 Å². The van der Waals surface area contributed by atoms with Gasteiger partial charge in [0.1, 0.15) is 0 Å². The Bertz CT molecular complexity index is 101. The SMILES string of the molecule is C[C@H](O)[C@@H]1CCO[C@@H](C)C1. The lowest BCUT2D eigenvalue weighted by molar-refractivity contribution is -0.0305. The summed E-state index contributed by atoms with van der Waals surface area (Å²) in [6.45, 7) is 4.74. The maximum absolute atomic E-state index is 9.24. The van der Waals surface area contributed by atoms with Gasteiger partial charge in [-0.2, -0.15) is 0 Å². The molecule has 0 saturated carbocycles. The van der Waals surface area contributed by atoms with Crippen molar-refractivity contribution in [2.45, 2.75) is 38.9 Å². The van der Waals surface area contributed by atoms with Crippen molar-refractivity contribution in [2.75, 3.05) is 6.61 Å². The third-order valence-electron chi connectivity index (χ3n) is 2.21. The zero-order chi connectivity index (χ0) is 7.56. The van der Waals surface area contributed by atoms with Gasteiger partial charge < -0.3 is 9.84 Å². The van der Waals surface area contributed by atoms with Crippen molar-refractivity contribution >= 4 is 0 Å². The molecule has 1 saturated heterocycles. The lowest BCUT2D eigenvalue weighted by Crippen LogP contribution is -2.29. The van der Waals surface area contributed by atoms with Crippen LogP contribution >= 0.6 is 0 Å². The van der Waals surface area contributed by atoms with Crippen LogP contribution in [0.1, 0.15) is 26.7 Å². The second-order valence-corrected chi connectivity index (χ2v) is 3.21. The van der Waals surface area contributed by atoms with E-state index in [4.69, 9.17) is 4.74 Å². The van der Waals surface area contributed by atoms with Crippen molar-refractivity contribution in [3.8, 4) is 0 Å². The monoisotopic (exact) mass is 144 g/mol. The molecule has 0 spiro atoms. The summed E-state index contributed by atoms with van der Waals surface area (Å²) in [5.41, 5.74) is 0. The van der Waals surface area contributed by atoms with Crippen LogP contribution in [0.4, 0.5) is 0 Å².